The van der Waals surface area contributed by atoms with Gasteiger partial charge in [-0.05, 0) is 30.5 Å². The predicted octanol–water partition coefficient (Wildman–Crippen LogP) is 2.41. The molecule has 1 aliphatic rings. The Morgan fingerprint density at radius 2 is 2.08 bits per heavy atom. The number of rotatable bonds is 5. The van der Waals surface area contributed by atoms with Crippen molar-refractivity contribution in [2.75, 3.05) is 25.5 Å². The molecule has 1 aliphatic heterocycles. The molecular weight excluding hydrogens is 337 g/mol. The Morgan fingerprint density at radius 1 is 1.31 bits per heavy atom. The van der Waals surface area contributed by atoms with Crippen LogP contribution < -0.4 is 15.4 Å². The number of nitrogens with zero attached hydrogens (tertiary/aromatic N) is 3. The van der Waals surface area contributed by atoms with Gasteiger partial charge >= 0.3 is 6.03 Å². The summed E-state index contributed by atoms with van der Waals surface area (Å²) in [5.41, 5.74) is 0.740. The van der Waals surface area contributed by atoms with Gasteiger partial charge in [-0.25, -0.2) is 19.2 Å². The normalized spacial score (nSPS) is 14.8. The number of ether oxygens (including phenoxy) is 1. The van der Waals surface area contributed by atoms with Crippen molar-refractivity contribution in [3.05, 3.63) is 48.0 Å². The van der Waals surface area contributed by atoms with Gasteiger partial charge in [-0.3, -0.25) is 0 Å². The molecule has 7 nitrogen and oxygen atoms in total. The van der Waals surface area contributed by atoms with E-state index in [9.17, 15) is 9.18 Å². The summed E-state index contributed by atoms with van der Waals surface area (Å²) < 4.78 is 18.4. The highest BCUT2D eigenvalue weighted by atomic mass is 19.1. The summed E-state index contributed by atoms with van der Waals surface area (Å²) in [6, 6.07) is 6.29. The topological polar surface area (TPSA) is 79.4 Å². The van der Waals surface area contributed by atoms with Gasteiger partial charge in [-0.15, -0.1) is 0 Å². The van der Waals surface area contributed by atoms with E-state index in [1.165, 1.54) is 12.1 Å². The summed E-state index contributed by atoms with van der Waals surface area (Å²) in [6.45, 7) is 1.58. The Morgan fingerprint density at radius 3 is 2.81 bits per heavy atom. The molecule has 2 amide bonds. The highest BCUT2D eigenvalue weighted by Crippen LogP contribution is 2.21. The highest BCUT2D eigenvalue weighted by Gasteiger charge is 2.23. The van der Waals surface area contributed by atoms with E-state index in [0.29, 0.717) is 31.3 Å². The van der Waals surface area contributed by atoms with Crippen molar-refractivity contribution in [1.82, 2.24) is 20.2 Å². The van der Waals surface area contributed by atoms with Gasteiger partial charge in [0.05, 0.1) is 7.11 Å². The van der Waals surface area contributed by atoms with Crippen molar-refractivity contribution >= 4 is 11.8 Å². The molecule has 2 N–H and O–H groups in total. The predicted molar refractivity (Wildman–Crippen MR) is 95.4 cm³/mol. The molecular formula is C18H22FN5O2. The molecule has 0 saturated carbocycles. The average molecular weight is 359 g/mol. The molecule has 3 rings (SSSR count). The zero-order chi connectivity index (χ0) is 18.4. The molecule has 26 heavy (non-hydrogen) atoms. The van der Waals surface area contributed by atoms with Gasteiger partial charge in [0.25, 0.3) is 5.88 Å². The quantitative estimate of drug-likeness (QED) is 0.857. The fraction of sp³-hybridized carbons (Fsp3) is 0.389. The second-order valence-electron chi connectivity index (χ2n) is 6.11. The second-order valence-corrected chi connectivity index (χ2v) is 6.11. The molecule has 0 radical (unpaired) electrons. The van der Waals surface area contributed by atoms with Gasteiger partial charge in [0, 0.05) is 38.1 Å². The van der Waals surface area contributed by atoms with Crippen LogP contribution in [0.15, 0.2) is 36.7 Å². The van der Waals surface area contributed by atoms with Gasteiger partial charge in [0.2, 0.25) is 0 Å². The van der Waals surface area contributed by atoms with Crippen molar-refractivity contribution in [3.63, 3.8) is 0 Å². The number of anilines is 1. The van der Waals surface area contributed by atoms with E-state index in [-0.39, 0.29) is 17.9 Å². The molecule has 2 heterocycles. The number of carbonyl (C=O) groups is 1. The third-order valence-corrected chi connectivity index (χ3v) is 4.31. The molecule has 2 aromatic rings. The van der Waals surface area contributed by atoms with Crippen LogP contribution in [0.3, 0.4) is 0 Å². The Balaban J connectivity index is 1.46. The van der Waals surface area contributed by atoms with Crippen LogP contribution in [0, 0.1) is 5.82 Å². The summed E-state index contributed by atoms with van der Waals surface area (Å²) in [7, 11) is 1.56. The van der Waals surface area contributed by atoms with E-state index in [1.54, 1.807) is 36.5 Å². The summed E-state index contributed by atoms with van der Waals surface area (Å²) >= 11 is 0. The van der Waals surface area contributed by atoms with Gasteiger partial charge < -0.3 is 20.3 Å². The first-order chi connectivity index (χ1) is 12.7. The smallest absolute Gasteiger partial charge is 0.317 e. The standard InChI is InChI=1S/C18H22FN5O2/c1-26-17-16(20-7-8-21-17)23-15-5-9-24(10-6-15)18(25)22-12-13-3-2-4-14(19)11-13/h2-4,7-8,11,15H,5-6,9-10,12H2,1H3,(H,20,23)(H,22,25). The first kappa shape index (κ1) is 17.9. The van der Waals surface area contributed by atoms with E-state index >= 15 is 0 Å². The molecule has 8 heteroatoms. The first-order valence-electron chi connectivity index (χ1n) is 8.54. The van der Waals surface area contributed by atoms with E-state index in [2.05, 4.69) is 20.6 Å². The number of methoxy groups -OCH3 is 1. The fourth-order valence-corrected chi connectivity index (χ4v) is 2.93. The summed E-state index contributed by atoms with van der Waals surface area (Å²) in [5, 5.41) is 6.16. The van der Waals surface area contributed by atoms with Gasteiger partial charge in [-0.2, -0.15) is 0 Å². The molecule has 1 aromatic carbocycles. The molecule has 0 spiro atoms. The van der Waals surface area contributed by atoms with E-state index in [1.807, 2.05) is 0 Å². The van der Waals surface area contributed by atoms with Crippen LogP contribution in [0.5, 0.6) is 5.88 Å². The summed E-state index contributed by atoms with van der Waals surface area (Å²) in [5.74, 6) is 0.773. The molecule has 1 fully saturated rings. The SMILES string of the molecule is COc1nccnc1NC1CCN(C(=O)NCc2cccc(F)c2)CC1. The van der Waals surface area contributed by atoms with E-state index in [0.717, 1.165) is 18.4 Å². The number of hydrogen-bond donors (Lipinski definition) is 2. The van der Waals surface area contributed by atoms with Crippen molar-refractivity contribution in [2.45, 2.75) is 25.4 Å². The second kappa shape index (κ2) is 8.46. The number of benzene rings is 1. The highest BCUT2D eigenvalue weighted by molar-refractivity contribution is 5.74. The Hall–Kier alpha value is -2.90. The minimum absolute atomic E-state index is 0.134. The Kier molecular flexibility index (Phi) is 5.83. The number of carbonyl (C=O) groups excluding carboxylic acids is 1. The van der Waals surface area contributed by atoms with Crippen molar-refractivity contribution in [3.8, 4) is 5.88 Å². The van der Waals surface area contributed by atoms with Crippen LogP contribution >= 0.6 is 0 Å². The number of aromatic nitrogens is 2. The lowest BCUT2D eigenvalue weighted by Crippen LogP contribution is -2.46. The Bertz CT molecular complexity index is 750. The average Bonchev–Trinajstić information content (AvgIpc) is 2.67. The van der Waals surface area contributed by atoms with Gasteiger partial charge in [-0.1, -0.05) is 12.1 Å². The number of likely N-dealkylation sites (tertiary alicyclic amines) is 1. The lowest BCUT2D eigenvalue weighted by Gasteiger charge is -2.32. The minimum Gasteiger partial charge on any atom is -0.478 e. The van der Waals surface area contributed by atoms with Crippen molar-refractivity contribution in [2.24, 2.45) is 0 Å². The lowest BCUT2D eigenvalue weighted by molar-refractivity contribution is 0.183. The monoisotopic (exact) mass is 359 g/mol. The van der Waals surface area contributed by atoms with Crippen LogP contribution in [-0.4, -0.2) is 47.1 Å². The van der Waals surface area contributed by atoms with Crippen LogP contribution in [0.4, 0.5) is 15.0 Å². The maximum absolute atomic E-state index is 13.2. The number of piperidine rings is 1. The number of halogens is 1. The van der Waals surface area contributed by atoms with Crippen molar-refractivity contribution < 1.29 is 13.9 Å². The molecule has 0 atom stereocenters. The number of nitrogens with one attached hydrogen (secondary N) is 2. The van der Waals surface area contributed by atoms with Crippen LogP contribution in [0.25, 0.3) is 0 Å². The van der Waals surface area contributed by atoms with Crippen LogP contribution in [0.2, 0.25) is 0 Å². The largest absolute Gasteiger partial charge is 0.478 e. The van der Waals surface area contributed by atoms with Crippen LogP contribution in [0.1, 0.15) is 18.4 Å². The first-order valence-corrected chi connectivity index (χ1v) is 8.54. The molecule has 1 saturated heterocycles. The maximum Gasteiger partial charge on any atom is 0.317 e. The minimum atomic E-state index is -0.303. The lowest BCUT2D eigenvalue weighted by atomic mass is 10.1. The third kappa shape index (κ3) is 4.59. The number of hydrogen-bond acceptors (Lipinski definition) is 5. The molecule has 0 aliphatic carbocycles. The zero-order valence-corrected chi connectivity index (χ0v) is 14.6. The van der Waals surface area contributed by atoms with Gasteiger partial charge in [0.1, 0.15) is 5.82 Å². The molecule has 0 unspecified atom stereocenters. The fourth-order valence-electron chi connectivity index (χ4n) is 2.93. The summed E-state index contributed by atoms with van der Waals surface area (Å²) in [4.78, 5) is 22.4. The molecule has 1 aromatic heterocycles. The maximum atomic E-state index is 13.2. The van der Waals surface area contributed by atoms with E-state index in [4.69, 9.17) is 4.74 Å². The zero-order valence-electron chi connectivity index (χ0n) is 14.6. The number of amides is 2. The third-order valence-electron chi connectivity index (χ3n) is 4.31. The molecule has 138 valence electrons. The molecule has 0 bridgehead atoms. The summed E-state index contributed by atoms with van der Waals surface area (Å²) in [6.07, 6.45) is 4.79. The van der Waals surface area contributed by atoms with Crippen LogP contribution in [-0.2, 0) is 6.54 Å². The Labute approximate surface area is 151 Å². The van der Waals surface area contributed by atoms with Gasteiger partial charge in [0.15, 0.2) is 5.82 Å². The van der Waals surface area contributed by atoms with Crippen molar-refractivity contribution in [1.29, 1.82) is 0 Å². The number of urea groups is 1. The van der Waals surface area contributed by atoms with E-state index < -0.39 is 0 Å².